The van der Waals surface area contributed by atoms with Gasteiger partial charge in [-0.15, -0.1) is 0 Å². The van der Waals surface area contributed by atoms with Gasteiger partial charge < -0.3 is 9.80 Å². The van der Waals surface area contributed by atoms with Crippen molar-refractivity contribution in [2.75, 3.05) is 36.0 Å². The topological polar surface area (TPSA) is 43.9 Å². The standard InChI is InChI=1S/C20H20ClN3O2/c21-16-7-3-8-17(13-16)23-12-11-22(20(23)26)14-19(25)24-10-4-6-15-5-1-2-9-18(15)24/h1-3,5,7-9,13H,4,6,10-12,14H2. The van der Waals surface area contributed by atoms with E-state index in [0.717, 1.165) is 24.2 Å². The molecule has 3 amide bonds. The van der Waals surface area contributed by atoms with Crippen LogP contribution in [0.5, 0.6) is 0 Å². The zero-order valence-electron chi connectivity index (χ0n) is 14.4. The molecule has 6 heteroatoms. The minimum Gasteiger partial charge on any atom is -0.313 e. The number of halogens is 1. The van der Waals surface area contributed by atoms with E-state index >= 15 is 0 Å². The molecule has 2 aromatic carbocycles. The second kappa shape index (κ2) is 7.00. The zero-order chi connectivity index (χ0) is 18.1. The minimum absolute atomic E-state index is 0.0292. The Balaban J connectivity index is 1.47. The number of hydrogen-bond donors (Lipinski definition) is 0. The van der Waals surface area contributed by atoms with Crippen molar-refractivity contribution in [1.29, 1.82) is 0 Å². The Morgan fingerprint density at radius 2 is 1.88 bits per heavy atom. The largest absolute Gasteiger partial charge is 0.325 e. The molecule has 1 fully saturated rings. The van der Waals surface area contributed by atoms with Gasteiger partial charge in [0.2, 0.25) is 5.91 Å². The van der Waals surface area contributed by atoms with Gasteiger partial charge in [0.05, 0.1) is 0 Å². The fraction of sp³-hybridized carbons (Fsp3) is 0.300. The van der Waals surface area contributed by atoms with Crippen molar-refractivity contribution < 1.29 is 9.59 Å². The number of benzene rings is 2. The van der Waals surface area contributed by atoms with Crippen molar-refractivity contribution in [2.24, 2.45) is 0 Å². The Morgan fingerprint density at radius 3 is 2.73 bits per heavy atom. The van der Waals surface area contributed by atoms with Gasteiger partial charge >= 0.3 is 6.03 Å². The Labute approximate surface area is 157 Å². The number of aryl methyl sites for hydroxylation is 1. The number of carbonyl (C=O) groups is 2. The molecular formula is C20H20ClN3O2. The van der Waals surface area contributed by atoms with Crippen molar-refractivity contribution in [3.05, 3.63) is 59.1 Å². The quantitative estimate of drug-likeness (QED) is 0.830. The summed E-state index contributed by atoms with van der Waals surface area (Å²) >= 11 is 6.03. The third kappa shape index (κ3) is 3.15. The molecular weight excluding hydrogens is 350 g/mol. The van der Waals surface area contributed by atoms with Gasteiger partial charge in [0, 0.05) is 36.0 Å². The molecule has 2 aromatic rings. The van der Waals surface area contributed by atoms with Crippen molar-refractivity contribution in [3.63, 3.8) is 0 Å². The van der Waals surface area contributed by atoms with E-state index in [1.165, 1.54) is 5.56 Å². The van der Waals surface area contributed by atoms with Crippen LogP contribution in [0.1, 0.15) is 12.0 Å². The summed E-state index contributed by atoms with van der Waals surface area (Å²) in [6.07, 6.45) is 1.94. The third-order valence-corrected chi connectivity index (χ3v) is 5.19. The molecule has 0 atom stereocenters. The van der Waals surface area contributed by atoms with Crippen molar-refractivity contribution in [2.45, 2.75) is 12.8 Å². The van der Waals surface area contributed by atoms with Gasteiger partial charge in [-0.3, -0.25) is 9.69 Å². The van der Waals surface area contributed by atoms with Gasteiger partial charge in [-0.2, -0.15) is 0 Å². The average Bonchev–Trinajstić information content (AvgIpc) is 3.01. The average molecular weight is 370 g/mol. The number of nitrogens with zero attached hydrogens (tertiary/aromatic N) is 3. The lowest BCUT2D eigenvalue weighted by atomic mass is 10.0. The predicted octanol–water partition coefficient (Wildman–Crippen LogP) is 3.56. The molecule has 2 aliphatic heterocycles. The lowest BCUT2D eigenvalue weighted by Crippen LogP contribution is -2.44. The van der Waals surface area contributed by atoms with Crippen molar-refractivity contribution in [1.82, 2.24) is 4.90 Å². The van der Waals surface area contributed by atoms with Crippen LogP contribution in [0, 0.1) is 0 Å². The highest BCUT2D eigenvalue weighted by Crippen LogP contribution is 2.28. The van der Waals surface area contributed by atoms with Crippen LogP contribution >= 0.6 is 11.6 Å². The molecule has 0 spiro atoms. The van der Waals surface area contributed by atoms with Crippen LogP contribution in [-0.2, 0) is 11.2 Å². The molecule has 1 saturated heterocycles. The number of amides is 3. The molecule has 2 aliphatic rings. The molecule has 134 valence electrons. The number of urea groups is 1. The molecule has 26 heavy (non-hydrogen) atoms. The van der Waals surface area contributed by atoms with E-state index < -0.39 is 0 Å². The van der Waals surface area contributed by atoms with Gasteiger partial charge in [0.25, 0.3) is 0 Å². The maximum absolute atomic E-state index is 12.9. The molecule has 0 radical (unpaired) electrons. The van der Waals surface area contributed by atoms with E-state index in [2.05, 4.69) is 6.07 Å². The summed E-state index contributed by atoms with van der Waals surface area (Å²) in [7, 11) is 0. The van der Waals surface area contributed by atoms with Gasteiger partial charge in [0.1, 0.15) is 6.54 Å². The second-order valence-corrected chi connectivity index (χ2v) is 7.05. The third-order valence-electron chi connectivity index (χ3n) is 4.95. The number of rotatable bonds is 3. The van der Waals surface area contributed by atoms with Gasteiger partial charge in [-0.1, -0.05) is 35.9 Å². The van der Waals surface area contributed by atoms with Crippen LogP contribution in [0.4, 0.5) is 16.2 Å². The van der Waals surface area contributed by atoms with Gasteiger partial charge in [-0.05, 0) is 42.7 Å². The zero-order valence-corrected chi connectivity index (χ0v) is 15.2. The van der Waals surface area contributed by atoms with Crippen LogP contribution in [0.15, 0.2) is 48.5 Å². The van der Waals surface area contributed by atoms with E-state index in [0.29, 0.717) is 24.7 Å². The number of hydrogen-bond acceptors (Lipinski definition) is 2. The number of anilines is 2. The number of carbonyl (C=O) groups excluding carboxylic acids is 2. The molecule has 0 aromatic heterocycles. The van der Waals surface area contributed by atoms with E-state index in [4.69, 9.17) is 11.6 Å². The van der Waals surface area contributed by atoms with Crippen LogP contribution in [-0.4, -0.2) is 43.0 Å². The van der Waals surface area contributed by atoms with Crippen LogP contribution in [0.3, 0.4) is 0 Å². The number of fused-ring (bicyclic) bond motifs is 1. The summed E-state index contributed by atoms with van der Waals surface area (Å²) < 4.78 is 0. The van der Waals surface area contributed by atoms with Crippen molar-refractivity contribution >= 4 is 34.9 Å². The number of para-hydroxylation sites is 1. The molecule has 2 heterocycles. The first kappa shape index (κ1) is 16.9. The smallest absolute Gasteiger partial charge is 0.313 e. The molecule has 4 rings (SSSR count). The van der Waals surface area contributed by atoms with E-state index in [-0.39, 0.29) is 18.5 Å². The molecule has 0 bridgehead atoms. The van der Waals surface area contributed by atoms with E-state index in [9.17, 15) is 9.59 Å². The van der Waals surface area contributed by atoms with Gasteiger partial charge in [0.15, 0.2) is 0 Å². The first-order valence-corrected chi connectivity index (χ1v) is 9.21. The summed E-state index contributed by atoms with van der Waals surface area (Å²) in [5.41, 5.74) is 2.93. The highest BCUT2D eigenvalue weighted by Gasteiger charge is 2.33. The molecule has 0 N–H and O–H groups in total. The van der Waals surface area contributed by atoms with Crippen molar-refractivity contribution in [3.8, 4) is 0 Å². The first-order chi connectivity index (χ1) is 12.6. The van der Waals surface area contributed by atoms with Gasteiger partial charge in [-0.25, -0.2) is 4.79 Å². The highest BCUT2D eigenvalue weighted by atomic mass is 35.5. The fourth-order valence-electron chi connectivity index (χ4n) is 3.65. The Hall–Kier alpha value is -2.53. The maximum atomic E-state index is 12.9. The fourth-order valence-corrected chi connectivity index (χ4v) is 3.84. The lowest BCUT2D eigenvalue weighted by molar-refractivity contribution is -0.119. The normalized spacial score (nSPS) is 16.8. The summed E-state index contributed by atoms with van der Waals surface area (Å²) in [6, 6.07) is 15.1. The monoisotopic (exact) mass is 369 g/mol. The highest BCUT2D eigenvalue weighted by molar-refractivity contribution is 6.30. The second-order valence-electron chi connectivity index (χ2n) is 6.61. The summed E-state index contributed by atoms with van der Waals surface area (Å²) in [5, 5.41) is 0.592. The Kier molecular flexibility index (Phi) is 4.55. The minimum atomic E-state index is -0.147. The Bertz CT molecular complexity index is 854. The van der Waals surface area contributed by atoms with Crippen LogP contribution in [0.2, 0.25) is 5.02 Å². The maximum Gasteiger partial charge on any atom is 0.325 e. The summed E-state index contributed by atoms with van der Waals surface area (Å²) in [6.45, 7) is 1.90. The summed E-state index contributed by atoms with van der Waals surface area (Å²) in [4.78, 5) is 30.7. The Morgan fingerprint density at radius 1 is 1.04 bits per heavy atom. The predicted molar refractivity (Wildman–Crippen MR) is 103 cm³/mol. The molecule has 5 nitrogen and oxygen atoms in total. The molecule has 0 saturated carbocycles. The molecule has 0 aliphatic carbocycles. The van der Waals surface area contributed by atoms with Crippen LogP contribution in [0.25, 0.3) is 0 Å². The van der Waals surface area contributed by atoms with Crippen LogP contribution < -0.4 is 9.80 Å². The van der Waals surface area contributed by atoms with E-state index in [1.807, 2.05) is 35.2 Å². The SMILES string of the molecule is O=C1N(CC(=O)N2CCCc3ccccc32)CCN1c1cccc(Cl)c1. The lowest BCUT2D eigenvalue weighted by Gasteiger charge is -2.30. The molecule has 0 unspecified atom stereocenters. The first-order valence-electron chi connectivity index (χ1n) is 8.84. The summed E-state index contributed by atoms with van der Waals surface area (Å²) in [5.74, 6) is -0.0292. The van der Waals surface area contributed by atoms with E-state index in [1.54, 1.807) is 21.9 Å².